The third kappa shape index (κ3) is 1.49. The summed E-state index contributed by atoms with van der Waals surface area (Å²) < 4.78 is 33.2. The number of aromatic nitrogens is 2. The third-order valence-corrected chi connectivity index (χ3v) is 3.94. The van der Waals surface area contributed by atoms with E-state index in [0.717, 1.165) is 0 Å². The number of carbonyl (C=O) groups is 1. The van der Waals surface area contributed by atoms with Crippen LogP contribution in [0.25, 0.3) is 11.1 Å². The van der Waals surface area contributed by atoms with Gasteiger partial charge in [-0.25, -0.2) is 18.6 Å². The molecule has 7 heteroatoms. The van der Waals surface area contributed by atoms with Crippen LogP contribution in [-0.4, -0.2) is 21.2 Å². The highest BCUT2D eigenvalue weighted by Crippen LogP contribution is 2.53. The van der Waals surface area contributed by atoms with Crippen LogP contribution >= 0.6 is 0 Å². The number of halogens is 2. The molecule has 0 saturated heterocycles. The predicted molar refractivity (Wildman–Crippen MR) is 62.8 cm³/mol. The Morgan fingerprint density at radius 3 is 2.45 bits per heavy atom. The molecule has 2 aromatic heterocycles. The molecule has 104 valence electrons. The van der Waals surface area contributed by atoms with Gasteiger partial charge >= 0.3 is 5.97 Å². The Labute approximate surface area is 111 Å². The number of pyridine rings is 1. The minimum atomic E-state index is -1.63. The van der Waals surface area contributed by atoms with Crippen molar-refractivity contribution in [1.82, 2.24) is 10.1 Å². The second-order valence-corrected chi connectivity index (χ2v) is 5.50. The topological polar surface area (TPSA) is 76.2 Å². The van der Waals surface area contributed by atoms with Crippen molar-refractivity contribution in [1.29, 1.82) is 0 Å². The molecule has 2 aliphatic carbocycles. The molecule has 0 amide bonds. The highest BCUT2D eigenvalue weighted by Gasteiger charge is 2.51. The fourth-order valence-corrected chi connectivity index (χ4v) is 2.37. The maximum atomic E-state index is 14.2. The molecular weight excluding hydrogens is 270 g/mol. The van der Waals surface area contributed by atoms with E-state index in [-0.39, 0.29) is 40.9 Å². The van der Waals surface area contributed by atoms with Crippen LogP contribution in [0.4, 0.5) is 8.78 Å². The normalized spacial score (nSPS) is 21.9. The first kappa shape index (κ1) is 11.7. The number of hydrogen-bond acceptors (Lipinski definition) is 4. The lowest BCUT2D eigenvalue weighted by molar-refractivity contribution is 0.0698. The summed E-state index contributed by atoms with van der Waals surface area (Å²) in [5, 5.41) is 12.9. The number of nitrogens with zero attached hydrogens (tertiary/aromatic N) is 2. The van der Waals surface area contributed by atoms with Crippen LogP contribution in [0.15, 0.2) is 10.6 Å². The molecule has 2 heterocycles. The number of aromatic carboxylic acids is 1. The van der Waals surface area contributed by atoms with E-state index < -0.39 is 17.3 Å². The van der Waals surface area contributed by atoms with Gasteiger partial charge in [0.25, 0.3) is 5.71 Å². The Bertz CT molecular complexity index is 747. The van der Waals surface area contributed by atoms with Crippen molar-refractivity contribution >= 4 is 17.1 Å². The summed E-state index contributed by atoms with van der Waals surface area (Å²) in [4.78, 5) is 15.3. The van der Waals surface area contributed by atoms with Gasteiger partial charge in [0.1, 0.15) is 5.69 Å². The van der Waals surface area contributed by atoms with Crippen LogP contribution in [0.1, 0.15) is 47.4 Å². The van der Waals surface area contributed by atoms with Gasteiger partial charge in [-0.15, -0.1) is 0 Å². The van der Waals surface area contributed by atoms with Crippen molar-refractivity contribution in [3.05, 3.63) is 23.0 Å². The fraction of sp³-hybridized carbons (Fsp3) is 0.462. The molecule has 0 spiro atoms. The number of rotatable bonds is 3. The largest absolute Gasteiger partial charge is 0.478 e. The maximum absolute atomic E-state index is 14.2. The molecule has 2 aromatic rings. The molecule has 4 rings (SSSR count). The zero-order valence-electron chi connectivity index (χ0n) is 10.3. The monoisotopic (exact) mass is 280 g/mol. The second-order valence-electron chi connectivity index (χ2n) is 5.50. The van der Waals surface area contributed by atoms with Gasteiger partial charge < -0.3 is 9.63 Å². The Morgan fingerprint density at radius 2 is 1.90 bits per heavy atom. The quantitative estimate of drug-likeness (QED) is 0.935. The highest BCUT2D eigenvalue weighted by atomic mass is 19.1. The number of alkyl halides is 2. The lowest BCUT2D eigenvalue weighted by Crippen LogP contribution is -2.08. The molecular formula is C13H10F2N2O3. The molecule has 5 nitrogen and oxygen atoms in total. The first-order valence-electron chi connectivity index (χ1n) is 6.35. The van der Waals surface area contributed by atoms with Crippen LogP contribution in [0, 0.1) is 0 Å². The van der Waals surface area contributed by atoms with E-state index in [1.54, 1.807) is 0 Å². The number of fused-ring (bicyclic) bond motifs is 1. The van der Waals surface area contributed by atoms with Gasteiger partial charge in [-0.2, -0.15) is 0 Å². The molecule has 0 atom stereocenters. The fourth-order valence-electron chi connectivity index (χ4n) is 2.37. The van der Waals surface area contributed by atoms with Crippen LogP contribution in [0.3, 0.4) is 0 Å². The lowest BCUT2D eigenvalue weighted by Gasteiger charge is -2.07. The molecule has 20 heavy (non-hydrogen) atoms. The van der Waals surface area contributed by atoms with E-state index in [9.17, 15) is 18.7 Å². The molecule has 2 fully saturated rings. The maximum Gasteiger partial charge on any atom is 0.336 e. The van der Waals surface area contributed by atoms with E-state index in [1.807, 2.05) is 0 Å². The SMILES string of the molecule is O=C(O)c1cc(C2(F)CC2)nc2onc(C3(F)CC3)c12. The van der Waals surface area contributed by atoms with E-state index in [1.165, 1.54) is 6.07 Å². The second kappa shape index (κ2) is 3.34. The summed E-state index contributed by atoms with van der Waals surface area (Å²) >= 11 is 0. The minimum absolute atomic E-state index is 0.0220. The number of carboxylic acid groups (broad SMARTS) is 1. The molecule has 0 unspecified atom stereocenters. The average molecular weight is 280 g/mol. The van der Waals surface area contributed by atoms with Gasteiger partial charge in [0.15, 0.2) is 11.3 Å². The van der Waals surface area contributed by atoms with Crippen LogP contribution in [0.2, 0.25) is 0 Å². The van der Waals surface area contributed by atoms with E-state index >= 15 is 0 Å². The minimum Gasteiger partial charge on any atom is -0.478 e. The summed E-state index contributed by atoms with van der Waals surface area (Å²) in [7, 11) is 0. The number of carboxylic acids is 1. The van der Waals surface area contributed by atoms with Crippen LogP contribution < -0.4 is 0 Å². The van der Waals surface area contributed by atoms with Crippen molar-refractivity contribution in [3.63, 3.8) is 0 Å². The summed E-state index contributed by atoms with van der Waals surface area (Å²) in [6, 6.07) is 1.17. The van der Waals surface area contributed by atoms with Crippen molar-refractivity contribution in [2.75, 3.05) is 0 Å². The molecule has 0 radical (unpaired) electrons. The third-order valence-electron chi connectivity index (χ3n) is 3.94. The van der Waals surface area contributed by atoms with E-state index in [0.29, 0.717) is 12.8 Å². The van der Waals surface area contributed by atoms with Crippen molar-refractivity contribution in [3.8, 4) is 0 Å². The van der Waals surface area contributed by atoms with Crippen LogP contribution in [0.5, 0.6) is 0 Å². The predicted octanol–water partition coefficient (Wildman–Crippen LogP) is 2.84. The van der Waals surface area contributed by atoms with Crippen molar-refractivity contribution in [2.24, 2.45) is 0 Å². The van der Waals surface area contributed by atoms with E-state index in [4.69, 9.17) is 4.52 Å². The average Bonchev–Trinajstić information content (AvgIpc) is 3.29. The van der Waals surface area contributed by atoms with Gasteiger partial charge in [-0.1, -0.05) is 5.16 Å². The zero-order valence-corrected chi connectivity index (χ0v) is 10.3. The highest BCUT2D eigenvalue weighted by molar-refractivity contribution is 6.02. The summed E-state index contributed by atoms with van der Waals surface area (Å²) in [5.74, 6) is -1.27. The summed E-state index contributed by atoms with van der Waals surface area (Å²) in [5.41, 5.74) is -3.54. The summed E-state index contributed by atoms with van der Waals surface area (Å²) in [6.45, 7) is 0. The number of hydrogen-bond donors (Lipinski definition) is 1. The van der Waals surface area contributed by atoms with Gasteiger partial charge in [0.2, 0.25) is 0 Å². The Morgan fingerprint density at radius 1 is 1.25 bits per heavy atom. The van der Waals surface area contributed by atoms with Gasteiger partial charge in [-0.3, -0.25) is 0 Å². The Hall–Kier alpha value is -2.05. The van der Waals surface area contributed by atoms with Crippen molar-refractivity contribution < 1.29 is 23.2 Å². The molecule has 1 N–H and O–H groups in total. The van der Waals surface area contributed by atoms with Gasteiger partial charge in [0, 0.05) is 0 Å². The molecule has 2 saturated carbocycles. The molecule has 0 aromatic carbocycles. The Kier molecular flexibility index (Phi) is 1.96. The van der Waals surface area contributed by atoms with E-state index in [2.05, 4.69) is 10.1 Å². The standard InChI is InChI=1S/C13H10F2N2O3/c14-12(1-2-12)7-5-6(11(18)19)8-9(13(15)3-4-13)17-20-10(8)16-7/h5H,1-4H2,(H,18,19). The zero-order chi connectivity index (χ0) is 14.1. The van der Waals surface area contributed by atoms with Crippen molar-refractivity contribution in [2.45, 2.75) is 37.0 Å². The molecule has 2 aliphatic rings. The molecule has 0 aliphatic heterocycles. The summed E-state index contributed by atoms with van der Waals surface area (Å²) in [6.07, 6.45) is 1.17. The lowest BCUT2D eigenvalue weighted by atomic mass is 10.0. The first-order chi connectivity index (χ1) is 9.43. The van der Waals surface area contributed by atoms with Gasteiger partial charge in [-0.05, 0) is 31.7 Å². The van der Waals surface area contributed by atoms with Crippen LogP contribution in [-0.2, 0) is 11.3 Å². The Balaban J connectivity index is 2.00. The first-order valence-corrected chi connectivity index (χ1v) is 6.35. The molecule has 0 bridgehead atoms. The van der Waals surface area contributed by atoms with Gasteiger partial charge in [0.05, 0.1) is 16.6 Å². The smallest absolute Gasteiger partial charge is 0.336 e.